The van der Waals surface area contributed by atoms with Crippen LogP contribution in [0.2, 0.25) is 0 Å². The summed E-state index contributed by atoms with van der Waals surface area (Å²) >= 11 is 3.41. The van der Waals surface area contributed by atoms with Crippen LogP contribution in [0.1, 0.15) is 15.9 Å². The largest absolute Gasteiger partial charge is 0.383 e. The van der Waals surface area contributed by atoms with E-state index in [1.165, 1.54) is 10.9 Å². The second-order valence-electron chi connectivity index (χ2n) is 4.00. The Kier molecular flexibility index (Phi) is 3.38. The molecule has 1 amide bonds. The Morgan fingerprint density at radius 3 is 2.78 bits per heavy atom. The summed E-state index contributed by atoms with van der Waals surface area (Å²) in [6, 6.07) is 5.69. The number of carbonyl (C=O) groups excluding carboxylic acids is 1. The molecule has 5 nitrogen and oxygen atoms in total. The minimum absolute atomic E-state index is 0.273. The number of rotatable bonds is 2. The van der Waals surface area contributed by atoms with E-state index in [0.717, 1.165) is 10.0 Å². The molecule has 0 radical (unpaired) electrons. The number of amides is 1. The molecule has 0 fully saturated rings. The third kappa shape index (κ3) is 2.38. The van der Waals surface area contributed by atoms with Crippen molar-refractivity contribution in [2.24, 2.45) is 7.05 Å². The first kappa shape index (κ1) is 12.6. The van der Waals surface area contributed by atoms with Crippen molar-refractivity contribution in [1.82, 2.24) is 9.78 Å². The molecule has 0 aliphatic rings. The standard InChI is InChI=1S/C12H13BrN4O/c1-7-3-4-10(9(13)5-7)16-12(18)8-6-15-17(2)11(8)14/h3-6H,14H2,1-2H3,(H,16,18). The van der Waals surface area contributed by atoms with E-state index < -0.39 is 0 Å². The van der Waals surface area contributed by atoms with E-state index in [1.807, 2.05) is 25.1 Å². The van der Waals surface area contributed by atoms with Crippen molar-refractivity contribution < 1.29 is 4.79 Å². The number of anilines is 2. The van der Waals surface area contributed by atoms with Gasteiger partial charge in [0.25, 0.3) is 5.91 Å². The van der Waals surface area contributed by atoms with E-state index in [4.69, 9.17) is 5.73 Å². The van der Waals surface area contributed by atoms with Crippen molar-refractivity contribution in [3.8, 4) is 0 Å². The Morgan fingerprint density at radius 1 is 1.50 bits per heavy atom. The quantitative estimate of drug-likeness (QED) is 0.894. The maximum absolute atomic E-state index is 12.0. The average Bonchev–Trinajstić information content (AvgIpc) is 2.64. The summed E-state index contributed by atoms with van der Waals surface area (Å²) in [5.74, 6) is 0.0703. The number of halogens is 1. The molecule has 94 valence electrons. The highest BCUT2D eigenvalue weighted by molar-refractivity contribution is 9.10. The summed E-state index contributed by atoms with van der Waals surface area (Å²) in [5.41, 5.74) is 7.93. The molecule has 0 unspecified atom stereocenters. The predicted octanol–water partition coefficient (Wildman–Crippen LogP) is 2.33. The predicted molar refractivity (Wildman–Crippen MR) is 74.5 cm³/mol. The summed E-state index contributed by atoms with van der Waals surface area (Å²) in [4.78, 5) is 12.0. The highest BCUT2D eigenvalue weighted by Crippen LogP contribution is 2.24. The van der Waals surface area contributed by atoms with E-state index in [-0.39, 0.29) is 5.91 Å². The van der Waals surface area contributed by atoms with Crippen LogP contribution in [-0.2, 0) is 7.05 Å². The smallest absolute Gasteiger partial charge is 0.261 e. The molecule has 3 N–H and O–H groups in total. The summed E-state index contributed by atoms with van der Waals surface area (Å²) in [6.45, 7) is 1.98. The maximum atomic E-state index is 12.0. The number of nitrogens with two attached hydrogens (primary N) is 1. The number of hydrogen-bond donors (Lipinski definition) is 2. The molecule has 1 heterocycles. The highest BCUT2D eigenvalue weighted by atomic mass is 79.9. The lowest BCUT2D eigenvalue weighted by atomic mass is 10.2. The third-order valence-electron chi connectivity index (χ3n) is 2.60. The molecule has 1 aromatic heterocycles. The van der Waals surface area contributed by atoms with Gasteiger partial charge in [0, 0.05) is 11.5 Å². The molecule has 0 saturated heterocycles. The summed E-state index contributed by atoms with van der Waals surface area (Å²) in [5, 5.41) is 6.72. The van der Waals surface area contributed by atoms with Crippen LogP contribution >= 0.6 is 15.9 Å². The topological polar surface area (TPSA) is 72.9 Å². The lowest BCUT2D eigenvalue weighted by Gasteiger charge is -2.07. The number of benzene rings is 1. The number of nitrogen functional groups attached to an aromatic ring is 1. The van der Waals surface area contributed by atoms with Gasteiger partial charge in [0.05, 0.1) is 11.9 Å². The van der Waals surface area contributed by atoms with Crippen LogP contribution in [0.15, 0.2) is 28.9 Å². The second kappa shape index (κ2) is 4.81. The molecule has 1 aromatic carbocycles. The highest BCUT2D eigenvalue weighted by Gasteiger charge is 2.14. The molecule has 2 aromatic rings. The number of carbonyl (C=O) groups is 1. The van der Waals surface area contributed by atoms with Crippen molar-refractivity contribution >= 4 is 33.3 Å². The van der Waals surface area contributed by atoms with Crippen molar-refractivity contribution in [2.45, 2.75) is 6.92 Å². The normalized spacial score (nSPS) is 10.4. The Bertz CT molecular complexity index is 606. The molecule has 18 heavy (non-hydrogen) atoms. The van der Waals surface area contributed by atoms with Crippen molar-refractivity contribution in [2.75, 3.05) is 11.1 Å². The molecule has 0 saturated carbocycles. The van der Waals surface area contributed by atoms with Gasteiger partial charge in [-0.05, 0) is 40.5 Å². The zero-order valence-electron chi connectivity index (χ0n) is 10.1. The molecule has 6 heteroatoms. The molecular weight excluding hydrogens is 296 g/mol. The van der Waals surface area contributed by atoms with Crippen LogP contribution in [0.25, 0.3) is 0 Å². The van der Waals surface area contributed by atoms with Crippen molar-refractivity contribution in [3.63, 3.8) is 0 Å². The molecule has 0 bridgehead atoms. The van der Waals surface area contributed by atoms with E-state index in [0.29, 0.717) is 17.1 Å². The fourth-order valence-electron chi connectivity index (χ4n) is 1.53. The molecule has 0 aliphatic carbocycles. The Balaban J connectivity index is 2.24. The molecule has 0 atom stereocenters. The number of nitrogens with zero attached hydrogens (tertiary/aromatic N) is 2. The van der Waals surface area contributed by atoms with Crippen LogP contribution < -0.4 is 11.1 Å². The molecular formula is C12H13BrN4O. The van der Waals surface area contributed by atoms with Gasteiger partial charge in [0.2, 0.25) is 0 Å². The van der Waals surface area contributed by atoms with Crippen LogP contribution in [0.5, 0.6) is 0 Å². The average molecular weight is 309 g/mol. The first-order valence-electron chi connectivity index (χ1n) is 5.34. The zero-order chi connectivity index (χ0) is 13.3. The fourth-order valence-corrected chi connectivity index (χ4v) is 2.13. The van der Waals surface area contributed by atoms with Gasteiger partial charge in [-0.3, -0.25) is 9.48 Å². The van der Waals surface area contributed by atoms with E-state index >= 15 is 0 Å². The van der Waals surface area contributed by atoms with Crippen LogP contribution in [0, 0.1) is 6.92 Å². The zero-order valence-corrected chi connectivity index (χ0v) is 11.7. The van der Waals surface area contributed by atoms with E-state index in [1.54, 1.807) is 7.05 Å². The molecule has 0 spiro atoms. The Hall–Kier alpha value is -1.82. The number of nitrogens with one attached hydrogen (secondary N) is 1. The van der Waals surface area contributed by atoms with Crippen LogP contribution in [-0.4, -0.2) is 15.7 Å². The Labute approximate surface area is 113 Å². The SMILES string of the molecule is Cc1ccc(NC(=O)c2cnn(C)c2N)c(Br)c1. The van der Waals surface area contributed by atoms with Gasteiger partial charge in [0.1, 0.15) is 11.4 Å². The maximum Gasteiger partial charge on any atom is 0.261 e. The minimum Gasteiger partial charge on any atom is -0.383 e. The Morgan fingerprint density at radius 2 is 2.22 bits per heavy atom. The second-order valence-corrected chi connectivity index (χ2v) is 4.86. The number of aryl methyl sites for hydroxylation is 2. The lowest BCUT2D eigenvalue weighted by molar-refractivity contribution is 0.102. The summed E-state index contributed by atoms with van der Waals surface area (Å²) in [6.07, 6.45) is 1.45. The summed E-state index contributed by atoms with van der Waals surface area (Å²) < 4.78 is 2.29. The lowest BCUT2D eigenvalue weighted by Crippen LogP contribution is -2.14. The number of hydrogen-bond acceptors (Lipinski definition) is 3. The van der Waals surface area contributed by atoms with Gasteiger partial charge in [0.15, 0.2) is 0 Å². The van der Waals surface area contributed by atoms with Gasteiger partial charge < -0.3 is 11.1 Å². The van der Waals surface area contributed by atoms with Crippen molar-refractivity contribution in [3.05, 3.63) is 40.0 Å². The van der Waals surface area contributed by atoms with E-state index in [9.17, 15) is 4.79 Å². The van der Waals surface area contributed by atoms with Crippen LogP contribution in [0.4, 0.5) is 11.5 Å². The van der Waals surface area contributed by atoms with Crippen molar-refractivity contribution in [1.29, 1.82) is 0 Å². The first-order valence-corrected chi connectivity index (χ1v) is 6.13. The fraction of sp³-hybridized carbons (Fsp3) is 0.167. The van der Waals surface area contributed by atoms with Crippen LogP contribution in [0.3, 0.4) is 0 Å². The molecule has 0 aliphatic heterocycles. The van der Waals surface area contributed by atoms with Gasteiger partial charge >= 0.3 is 0 Å². The summed E-state index contributed by atoms with van der Waals surface area (Å²) in [7, 11) is 1.69. The van der Waals surface area contributed by atoms with Gasteiger partial charge in [-0.25, -0.2) is 0 Å². The van der Waals surface area contributed by atoms with Gasteiger partial charge in [-0.15, -0.1) is 0 Å². The van der Waals surface area contributed by atoms with Gasteiger partial charge in [-0.1, -0.05) is 6.07 Å². The number of aromatic nitrogens is 2. The third-order valence-corrected chi connectivity index (χ3v) is 3.26. The monoisotopic (exact) mass is 308 g/mol. The minimum atomic E-state index is -0.273. The van der Waals surface area contributed by atoms with E-state index in [2.05, 4.69) is 26.3 Å². The van der Waals surface area contributed by atoms with Gasteiger partial charge in [-0.2, -0.15) is 5.10 Å². The molecule has 2 rings (SSSR count). The first-order chi connectivity index (χ1) is 8.49.